The van der Waals surface area contributed by atoms with E-state index < -0.39 is 41.8 Å². The molecule has 2 aromatic rings. The summed E-state index contributed by atoms with van der Waals surface area (Å²) in [6.45, 7) is 5.74. The van der Waals surface area contributed by atoms with Gasteiger partial charge in [-0.2, -0.15) is 0 Å². The maximum atomic E-state index is 13.6. The van der Waals surface area contributed by atoms with E-state index in [0.29, 0.717) is 12.2 Å². The minimum atomic E-state index is -1.01. The van der Waals surface area contributed by atoms with Crippen molar-refractivity contribution >= 4 is 40.7 Å². The number of amides is 4. The van der Waals surface area contributed by atoms with Gasteiger partial charge in [0.25, 0.3) is 5.24 Å². The molecule has 2 aromatic carbocycles. The van der Waals surface area contributed by atoms with Crippen molar-refractivity contribution in [2.45, 2.75) is 70.3 Å². The highest BCUT2D eigenvalue weighted by atomic mass is 32.2. The highest BCUT2D eigenvalue weighted by Crippen LogP contribution is 2.15. The summed E-state index contributed by atoms with van der Waals surface area (Å²) in [6.07, 6.45) is 3.28. The van der Waals surface area contributed by atoms with E-state index in [4.69, 9.17) is 10.5 Å². The summed E-state index contributed by atoms with van der Waals surface area (Å²) in [7, 11) is 0. The number of thioether (sulfide) groups is 1. The molecule has 0 aliphatic heterocycles. The smallest absolute Gasteiger partial charge is 0.330 e. The fourth-order valence-corrected chi connectivity index (χ4v) is 4.84. The predicted molar refractivity (Wildman–Crippen MR) is 168 cm³/mol. The average Bonchev–Trinajstić information content (AvgIpc) is 2.97. The van der Waals surface area contributed by atoms with Gasteiger partial charge in [-0.3, -0.25) is 19.2 Å². The number of hydrogen-bond donors (Lipinski definition) is 4. The highest BCUT2D eigenvalue weighted by molar-refractivity contribution is 8.12. The lowest BCUT2D eigenvalue weighted by atomic mass is 10.0. The summed E-state index contributed by atoms with van der Waals surface area (Å²) < 4.78 is 4.91. The SMILES string of the molecule is CCOC(=O)/C=C/[C@H](CCC(N)=O)NC(=O)[C@H](Cc1ccccc1)NC(=O)[C@H](CC(C)C)NC(=O)SCc1ccccc1. The number of rotatable bonds is 17. The van der Waals surface area contributed by atoms with Crippen LogP contribution in [0.1, 0.15) is 51.2 Å². The molecule has 3 atom stereocenters. The van der Waals surface area contributed by atoms with E-state index in [1.54, 1.807) is 6.92 Å². The molecule has 4 amide bonds. The second-order valence-corrected chi connectivity index (χ2v) is 11.3. The second-order valence-electron chi connectivity index (χ2n) is 10.4. The number of benzene rings is 2. The Bertz CT molecular complexity index is 1220. The van der Waals surface area contributed by atoms with E-state index in [2.05, 4.69) is 16.0 Å². The summed E-state index contributed by atoms with van der Waals surface area (Å²) in [5, 5.41) is 8.10. The topological polar surface area (TPSA) is 157 Å². The molecule has 0 bridgehead atoms. The van der Waals surface area contributed by atoms with Crippen LogP contribution in [-0.2, 0) is 36.1 Å². The first-order chi connectivity index (χ1) is 20.6. The number of primary amides is 1. The Balaban J connectivity index is 2.20. The molecule has 0 spiro atoms. The van der Waals surface area contributed by atoms with Gasteiger partial charge in [0.2, 0.25) is 17.7 Å². The predicted octanol–water partition coefficient (Wildman–Crippen LogP) is 3.64. The third-order valence-electron chi connectivity index (χ3n) is 6.22. The van der Waals surface area contributed by atoms with Gasteiger partial charge in [0.05, 0.1) is 6.61 Å². The molecule has 0 aromatic heterocycles. The van der Waals surface area contributed by atoms with Gasteiger partial charge in [-0.05, 0) is 36.8 Å². The van der Waals surface area contributed by atoms with Gasteiger partial charge in [-0.1, -0.05) is 92.3 Å². The highest BCUT2D eigenvalue weighted by Gasteiger charge is 2.28. The summed E-state index contributed by atoms with van der Waals surface area (Å²) >= 11 is 1.07. The molecule has 10 nitrogen and oxygen atoms in total. The van der Waals surface area contributed by atoms with Gasteiger partial charge in [-0.25, -0.2) is 4.79 Å². The lowest BCUT2D eigenvalue weighted by molar-refractivity contribution is -0.137. The third kappa shape index (κ3) is 14.6. The van der Waals surface area contributed by atoms with Crippen LogP contribution in [0.2, 0.25) is 0 Å². The van der Waals surface area contributed by atoms with Crippen molar-refractivity contribution in [1.29, 1.82) is 0 Å². The van der Waals surface area contributed by atoms with Crippen LogP contribution >= 0.6 is 11.8 Å². The number of esters is 1. The van der Waals surface area contributed by atoms with Crippen LogP contribution in [0.25, 0.3) is 0 Å². The zero-order chi connectivity index (χ0) is 31.6. The first kappa shape index (κ1) is 35.1. The van der Waals surface area contributed by atoms with Crippen LogP contribution in [0.3, 0.4) is 0 Å². The third-order valence-corrected chi connectivity index (χ3v) is 7.08. The van der Waals surface area contributed by atoms with Gasteiger partial charge >= 0.3 is 5.97 Å². The molecular weight excluding hydrogens is 568 g/mol. The first-order valence-electron chi connectivity index (χ1n) is 14.3. The maximum absolute atomic E-state index is 13.6. The standard InChI is InChI=1S/C32H42N4O6S/c1-4-42-29(38)18-16-25(15-17-28(33)37)34-30(39)27(20-23-11-7-5-8-12-23)35-31(40)26(19-22(2)3)36-32(41)43-21-24-13-9-6-10-14-24/h5-14,16,18,22,25-27H,4,15,17,19-21H2,1-3H3,(H2,33,37)(H,34,39)(H,35,40)(H,36,41)/b18-16+/t25-,26-,27-/m0/s1. The van der Waals surface area contributed by atoms with Crippen molar-refractivity contribution in [2.24, 2.45) is 11.7 Å². The molecule has 0 fully saturated rings. The zero-order valence-corrected chi connectivity index (χ0v) is 25.7. The average molecular weight is 611 g/mol. The Kier molecular flexibility index (Phi) is 15.6. The maximum Gasteiger partial charge on any atom is 0.330 e. The fourth-order valence-electron chi connectivity index (χ4n) is 4.12. The zero-order valence-electron chi connectivity index (χ0n) is 24.9. The van der Waals surface area contributed by atoms with E-state index in [9.17, 15) is 24.0 Å². The summed E-state index contributed by atoms with van der Waals surface area (Å²) in [5.74, 6) is -1.62. The number of nitrogens with two attached hydrogens (primary N) is 1. The van der Waals surface area contributed by atoms with Gasteiger partial charge in [-0.15, -0.1) is 0 Å². The van der Waals surface area contributed by atoms with Crippen molar-refractivity contribution < 1.29 is 28.7 Å². The summed E-state index contributed by atoms with van der Waals surface area (Å²) in [6, 6.07) is 16.1. The Labute approximate surface area is 257 Å². The Morgan fingerprint density at radius 2 is 1.47 bits per heavy atom. The van der Waals surface area contributed by atoms with E-state index in [-0.39, 0.29) is 37.0 Å². The van der Waals surface area contributed by atoms with E-state index >= 15 is 0 Å². The molecule has 0 heterocycles. The lowest BCUT2D eigenvalue weighted by Gasteiger charge is -2.25. The summed E-state index contributed by atoms with van der Waals surface area (Å²) in [5.41, 5.74) is 7.10. The normalized spacial score (nSPS) is 13.1. The van der Waals surface area contributed by atoms with Crippen molar-refractivity contribution in [2.75, 3.05) is 6.61 Å². The van der Waals surface area contributed by atoms with Crippen LogP contribution in [-0.4, -0.2) is 53.7 Å². The molecule has 232 valence electrons. The van der Waals surface area contributed by atoms with Crippen molar-refractivity contribution in [3.8, 4) is 0 Å². The van der Waals surface area contributed by atoms with E-state index in [1.165, 1.54) is 12.2 Å². The molecule has 5 N–H and O–H groups in total. The molecule has 2 rings (SSSR count). The Morgan fingerprint density at radius 1 is 0.860 bits per heavy atom. The number of nitrogens with one attached hydrogen (secondary N) is 3. The van der Waals surface area contributed by atoms with Crippen LogP contribution in [0.15, 0.2) is 72.8 Å². The molecular formula is C32H42N4O6S. The number of ether oxygens (including phenoxy) is 1. The number of carbonyl (C=O) groups excluding carboxylic acids is 5. The van der Waals surface area contributed by atoms with Crippen molar-refractivity contribution in [1.82, 2.24) is 16.0 Å². The van der Waals surface area contributed by atoms with Crippen LogP contribution in [0.5, 0.6) is 0 Å². The largest absolute Gasteiger partial charge is 0.463 e. The molecule has 0 saturated heterocycles. The Hall–Kier alpha value is -4.12. The molecule has 0 aliphatic carbocycles. The summed E-state index contributed by atoms with van der Waals surface area (Å²) in [4.78, 5) is 63.2. The van der Waals surface area contributed by atoms with Gasteiger partial charge in [0.15, 0.2) is 0 Å². The monoisotopic (exact) mass is 610 g/mol. The lowest BCUT2D eigenvalue weighted by Crippen LogP contribution is -2.55. The molecule has 0 unspecified atom stereocenters. The molecule has 0 aliphatic rings. The van der Waals surface area contributed by atoms with E-state index in [0.717, 1.165) is 22.9 Å². The minimum Gasteiger partial charge on any atom is -0.463 e. The van der Waals surface area contributed by atoms with Crippen molar-refractivity contribution in [3.63, 3.8) is 0 Å². The molecule has 11 heteroatoms. The van der Waals surface area contributed by atoms with Crippen molar-refractivity contribution in [3.05, 3.63) is 83.9 Å². The van der Waals surface area contributed by atoms with Gasteiger partial charge in [0, 0.05) is 30.7 Å². The fraction of sp³-hybridized carbons (Fsp3) is 0.406. The van der Waals surface area contributed by atoms with E-state index in [1.807, 2.05) is 74.5 Å². The van der Waals surface area contributed by atoms with Crippen LogP contribution < -0.4 is 21.7 Å². The minimum absolute atomic E-state index is 0.0308. The quantitative estimate of drug-likeness (QED) is 0.157. The van der Waals surface area contributed by atoms with Crippen LogP contribution in [0.4, 0.5) is 4.79 Å². The second kappa shape index (κ2) is 19.1. The number of hydrogen-bond acceptors (Lipinski definition) is 7. The van der Waals surface area contributed by atoms with Gasteiger partial charge in [0.1, 0.15) is 12.1 Å². The Morgan fingerprint density at radius 3 is 2.05 bits per heavy atom. The van der Waals surface area contributed by atoms with Gasteiger partial charge < -0.3 is 26.4 Å². The molecule has 0 saturated carbocycles. The molecule has 43 heavy (non-hydrogen) atoms. The first-order valence-corrected chi connectivity index (χ1v) is 15.3. The molecule has 0 radical (unpaired) electrons. The number of carbonyl (C=O) groups is 5. The van der Waals surface area contributed by atoms with Crippen LogP contribution in [0, 0.1) is 5.92 Å².